The van der Waals surface area contributed by atoms with E-state index in [4.69, 9.17) is 0 Å². The molecule has 0 unspecified atom stereocenters. The van der Waals surface area contributed by atoms with Crippen LogP contribution in [0.15, 0.2) is 9.59 Å². The molecule has 1 saturated heterocycles. The molecule has 0 aliphatic carbocycles. The first-order valence-electron chi connectivity index (χ1n) is 7.86. The highest BCUT2D eigenvalue weighted by Gasteiger charge is 2.18. The molecule has 3 heterocycles. The molecule has 1 fully saturated rings. The molecule has 0 atom stereocenters. The van der Waals surface area contributed by atoms with Crippen molar-refractivity contribution in [3.05, 3.63) is 26.7 Å². The van der Waals surface area contributed by atoms with Gasteiger partial charge in [0, 0.05) is 27.2 Å². The third-order valence-corrected chi connectivity index (χ3v) is 4.63. The number of aromatic nitrogens is 4. The summed E-state index contributed by atoms with van der Waals surface area (Å²) < 4.78 is 4.55. The molecule has 0 N–H and O–H groups in total. The van der Waals surface area contributed by atoms with E-state index >= 15 is 0 Å². The Morgan fingerprint density at radius 2 is 1.65 bits per heavy atom. The van der Waals surface area contributed by atoms with Gasteiger partial charge in [-0.3, -0.25) is 13.9 Å². The molecule has 23 heavy (non-hydrogen) atoms. The first-order valence-corrected chi connectivity index (χ1v) is 7.86. The van der Waals surface area contributed by atoms with Crippen molar-refractivity contribution >= 4 is 23.6 Å². The third-order valence-electron chi connectivity index (χ3n) is 4.63. The SMILES string of the molecule is Cc1nc2c(c(=O)n(C)c(=O)n2C)n1CCN1CCCCC1.Cl. The first-order chi connectivity index (χ1) is 10.5. The smallest absolute Gasteiger partial charge is 0.321 e. The first kappa shape index (κ1) is 17.7. The molecule has 0 aromatic carbocycles. The molecular formula is C15H24ClN5O2. The van der Waals surface area contributed by atoms with Crippen molar-refractivity contribution in [1.82, 2.24) is 23.6 Å². The fraction of sp³-hybridized carbons (Fsp3) is 0.667. The lowest BCUT2D eigenvalue weighted by atomic mass is 10.1. The van der Waals surface area contributed by atoms with Gasteiger partial charge in [0.15, 0.2) is 11.2 Å². The van der Waals surface area contributed by atoms with Crippen LogP contribution in [0.5, 0.6) is 0 Å². The van der Waals surface area contributed by atoms with Gasteiger partial charge in [-0.25, -0.2) is 9.78 Å². The van der Waals surface area contributed by atoms with Crippen LogP contribution < -0.4 is 11.2 Å². The Kier molecular flexibility index (Phi) is 5.31. The number of halogens is 1. The van der Waals surface area contributed by atoms with Gasteiger partial charge in [0.2, 0.25) is 0 Å². The number of likely N-dealkylation sites (tertiary alicyclic amines) is 1. The fourth-order valence-electron chi connectivity index (χ4n) is 3.25. The summed E-state index contributed by atoms with van der Waals surface area (Å²) in [5.41, 5.74) is 0.402. The summed E-state index contributed by atoms with van der Waals surface area (Å²) in [4.78, 5) is 31.3. The standard InChI is InChI=1S/C15H23N5O2.ClH/c1-11-16-13-12(14(21)18(3)15(22)17(13)2)20(11)10-9-19-7-5-4-6-8-19;/h4-10H2,1-3H3;1H. The van der Waals surface area contributed by atoms with Gasteiger partial charge in [-0.2, -0.15) is 0 Å². The lowest BCUT2D eigenvalue weighted by molar-refractivity contribution is 0.221. The van der Waals surface area contributed by atoms with Crippen LogP contribution in [-0.2, 0) is 20.6 Å². The van der Waals surface area contributed by atoms with Crippen molar-refractivity contribution in [2.24, 2.45) is 14.1 Å². The Labute approximate surface area is 140 Å². The van der Waals surface area contributed by atoms with Crippen molar-refractivity contribution in [2.45, 2.75) is 32.7 Å². The predicted octanol–water partition coefficient (Wildman–Crippen LogP) is 0.650. The molecule has 2 aromatic rings. The minimum atomic E-state index is -0.335. The number of fused-ring (bicyclic) bond motifs is 1. The zero-order valence-electron chi connectivity index (χ0n) is 13.9. The van der Waals surface area contributed by atoms with E-state index in [0.29, 0.717) is 11.2 Å². The number of piperidine rings is 1. The second kappa shape index (κ2) is 6.88. The molecule has 3 rings (SSSR count). The lowest BCUT2D eigenvalue weighted by Crippen LogP contribution is -2.38. The molecule has 8 heteroatoms. The molecule has 1 aliphatic rings. The van der Waals surface area contributed by atoms with Gasteiger partial charge in [-0.05, 0) is 32.9 Å². The Morgan fingerprint density at radius 3 is 2.30 bits per heavy atom. The van der Waals surface area contributed by atoms with E-state index in [-0.39, 0.29) is 23.7 Å². The van der Waals surface area contributed by atoms with Crippen molar-refractivity contribution in [1.29, 1.82) is 0 Å². The number of aryl methyl sites for hydroxylation is 2. The van der Waals surface area contributed by atoms with Gasteiger partial charge < -0.3 is 9.47 Å². The zero-order valence-corrected chi connectivity index (χ0v) is 14.7. The molecule has 0 bridgehead atoms. The number of hydrogen-bond acceptors (Lipinski definition) is 4. The molecule has 1 aliphatic heterocycles. The molecule has 7 nitrogen and oxygen atoms in total. The monoisotopic (exact) mass is 341 g/mol. The van der Waals surface area contributed by atoms with Gasteiger partial charge in [0.1, 0.15) is 5.82 Å². The van der Waals surface area contributed by atoms with Crippen LogP contribution in [0.4, 0.5) is 0 Å². The second-order valence-corrected chi connectivity index (χ2v) is 6.09. The van der Waals surface area contributed by atoms with E-state index in [1.54, 1.807) is 7.05 Å². The lowest BCUT2D eigenvalue weighted by Gasteiger charge is -2.26. The maximum absolute atomic E-state index is 12.5. The van der Waals surface area contributed by atoms with Crippen LogP contribution in [0.1, 0.15) is 25.1 Å². The fourth-order valence-corrected chi connectivity index (χ4v) is 3.25. The predicted molar refractivity (Wildman–Crippen MR) is 92.5 cm³/mol. The number of hydrogen-bond donors (Lipinski definition) is 0. The van der Waals surface area contributed by atoms with Crippen molar-refractivity contribution in [2.75, 3.05) is 19.6 Å². The zero-order chi connectivity index (χ0) is 15.9. The minimum Gasteiger partial charge on any atom is -0.321 e. The summed E-state index contributed by atoms with van der Waals surface area (Å²) in [6.07, 6.45) is 3.81. The van der Waals surface area contributed by atoms with Gasteiger partial charge in [-0.15, -0.1) is 12.4 Å². The maximum atomic E-state index is 12.5. The van der Waals surface area contributed by atoms with Crippen LogP contribution >= 0.6 is 12.4 Å². The average molecular weight is 342 g/mol. The molecule has 0 amide bonds. The van der Waals surface area contributed by atoms with Crippen LogP contribution in [0, 0.1) is 6.92 Å². The van der Waals surface area contributed by atoms with E-state index in [1.807, 2.05) is 11.5 Å². The summed E-state index contributed by atoms with van der Waals surface area (Å²) in [6, 6.07) is 0. The average Bonchev–Trinajstić information content (AvgIpc) is 2.86. The van der Waals surface area contributed by atoms with Crippen LogP contribution in [0.2, 0.25) is 0 Å². The van der Waals surface area contributed by atoms with Gasteiger partial charge >= 0.3 is 5.69 Å². The summed E-state index contributed by atoms with van der Waals surface area (Å²) in [7, 11) is 3.17. The van der Waals surface area contributed by atoms with Crippen LogP contribution in [-0.4, -0.2) is 43.2 Å². The quantitative estimate of drug-likeness (QED) is 0.822. The van der Waals surface area contributed by atoms with E-state index in [0.717, 1.165) is 36.6 Å². The van der Waals surface area contributed by atoms with Gasteiger partial charge in [0.05, 0.1) is 0 Å². The van der Waals surface area contributed by atoms with Crippen molar-refractivity contribution in [3.63, 3.8) is 0 Å². The Hall–Kier alpha value is -1.60. The molecule has 2 aromatic heterocycles. The molecule has 0 radical (unpaired) electrons. The normalized spacial score (nSPS) is 15.8. The number of rotatable bonds is 3. The molecule has 128 valence electrons. The van der Waals surface area contributed by atoms with E-state index in [9.17, 15) is 9.59 Å². The summed E-state index contributed by atoms with van der Waals surface area (Å²) >= 11 is 0. The summed E-state index contributed by atoms with van der Waals surface area (Å²) in [5.74, 6) is 0.783. The van der Waals surface area contributed by atoms with E-state index in [1.165, 1.54) is 30.9 Å². The molecule has 0 spiro atoms. The highest BCUT2D eigenvalue weighted by atomic mass is 35.5. The number of imidazole rings is 1. The van der Waals surface area contributed by atoms with Crippen molar-refractivity contribution in [3.8, 4) is 0 Å². The Balaban J connectivity index is 0.00000192. The molecule has 0 saturated carbocycles. The maximum Gasteiger partial charge on any atom is 0.332 e. The van der Waals surface area contributed by atoms with E-state index < -0.39 is 0 Å². The van der Waals surface area contributed by atoms with Gasteiger partial charge in [-0.1, -0.05) is 6.42 Å². The minimum absolute atomic E-state index is 0. The Bertz CT molecular complexity index is 814. The van der Waals surface area contributed by atoms with Crippen LogP contribution in [0.3, 0.4) is 0 Å². The van der Waals surface area contributed by atoms with Crippen molar-refractivity contribution < 1.29 is 0 Å². The highest BCUT2D eigenvalue weighted by molar-refractivity contribution is 5.85. The molecular weight excluding hydrogens is 318 g/mol. The highest BCUT2D eigenvalue weighted by Crippen LogP contribution is 2.12. The largest absolute Gasteiger partial charge is 0.332 e. The third kappa shape index (κ3) is 3.07. The van der Waals surface area contributed by atoms with Gasteiger partial charge in [0.25, 0.3) is 5.56 Å². The Morgan fingerprint density at radius 1 is 1.00 bits per heavy atom. The summed E-state index contributed by atoms with van der Waals surface area (Å²) in [5, 5.41) is 0. The number of nitrogens with zero attached hydrogens (tertiary/aromatic N) is 5. The van der Waals surface area contributed by atoms with E-state index in [2.05, 4.69) is 9.88 Å². The summed E-state index contributed by atoms with van der Waals surface area (Å²) in [6.45, 7) is 5.79. The topological polar surface area (TPSA) is 65.1 Å². The van der Waals surface area contributed by atoms with Crippen LogP contribution in [0.25, 0.3) is 11.2 Å². The second-order valence-electron chi connectivity index (χ2n) is 6.09.